The van der Waals surface area contributed by atoms with Crippen LogP contribution in [0.15, 0.2) is 35.9 Å². The Morgan fingerprint density at radius 3 is 2.54 bits per heavy atom. The van der Waals surface area contributed by atoms with Crippen molar-refractivity contribution in [2.45, 2.75) is 19.4 Å². The summed E-state index contributed by atoms with van der Waals surface area (Å²) in [6, 6.07) is 2.03. The Morgan fingerprint density at radius 1 is 1.25 bits per heavy atom. The number of carbonyl (C=O) groups is 1. The lowest BCUT2D eigenvalue weighted by Gasteiger charge is -2.37. The van der Waals surface area contributed by atoms with E-state index in [1.54, 1.807) is 6.92 Å². The van der Waals surface area contributed by atoms with Gasteiger partial charge in [0.05, 0.1) is 40.2 Å². The molecule has 3 rings (SSSR count). The first-order valence-corrected chi connectivity index (χ1v) is 8.90. The summed E-state index contributed by atoms with van der Waals surface area (Å²) in [5.74, 6) is 4.35. The normalized spacial score (nSPS) is 17.1. The molecule has 0 unspecified atom stereocenters. The van der Waals surface area contributed by atoms with Gasteiger partial charge in [-0.15, -0.1) is 0 Å². The van der Waals surface area contributed by atoms with E-state index in [4.69, 9.17) is 34.8 Å². The van der Waals surface area contributed by atoms with E-state index in [0.29, 0.717) is 17.8 Å². The van der Waals surface area contributed by atoms with E-state index < -0.39 is 17.5 Å². The molecule has 1 aromatic heterocycles. The third-order valence-electron chi connectivity index (χ3n) is 4.37. The van der Waals surface area contributed by atoms with Gasteiger partial charge in [0.25, 0.3) is 5.91 Å². The van der Waals surface area contributed by atoms with Crippen molar-refractivity contribution in [1.82, 2.24) is 14.9 Å². The zero-order valence-corrected chi connectivity index (χ0v) is 16.2. The van der Waals surface area contributed by atoms with E-state index >= 15 is 0 Å². The molecule has 0 radical (unpaired) electrons. The van der Waals surface area contributed by atoms with Gasteiger partial charge in [0.2, 0.25) is 5.95 Å². The first-order chi connectivity index (χ1) is 13.2. The van der Waals surface area contributed by atoms with Gasteiger partial charge in [0, 0.05) is 18.2 Å². The fraction of sp³-hybridized carbons (Fsp3) is 0.235. The summed E-state index contributed by atoms with van der Waals surface area (Å²) in [6.45, 7) is 1.85. The molecule has 11 heteroatoms. The summed E-state index contributed by atoms with van der Waals surface area (Å²) in [5, 5.41) is 0.685. The number of benzene rings is 1. The van der Waals surface area contributed by atoms with Crippen molar-refractivity contribution in [3.63, 3.8) is 0 Å². The number of hydrogen-bond donors (Lipinski definition) is 2. The zero-order chi connectivity index (χ0) is 20.6. The van der Waals surface area contributed by atoms with E-state index in [1.807, 2.05) is 0 Å². The van der Waals surface area contributed by atoms with Crippen molar-refractivity contribution < 1.29 is 13.6 Å². The van der Waals surface area contributed by atoms with Crippen LogP contribution in [-0.2, 0) is 0 Å². The second kappa shape index (κ2) is 7.86. The number of nitrogens with zero attached hydrogens (tertiary/aromatic N) is 4. The van der Waals surface area contributed by atoms with Crippen molar-refractivity contribution in [3.05, 3.63) is 63.2 Å². The molecule has 0 saturated carbocycles. The van der Waals surface area contributed by atoms with E-state index in [9.17, 15) is 13.6 Å². The minimum Gasteiger partial charge on any atom is -0.399 e. The van der Waals surface area contributed by atoms with Crippen LogP contribution < -0.4 is 16.6 Å². The van der Waals surface area contributed by atoms with Crippen LogP contribution in [0.1, 0.15) is 23.7 Å². The molecule has 0 saturated heterocycles. The number of anilines is 1. The summed E-state index contributed by atoms with van der Waals surface area (Å²) in [6.07, 6.45) is 2.27. The van der Waals surface area contributed by atoms with Crippen molar-refractivity contribution in [1.29, 1.82) is 0 Å². The predicted molar refractivity (Wildman–Crippen MR) is 101 cm³/mol. The molecular formula is C17H16Cl2F2N6O. The molecule has 1 atom stereocenters. The van der Waals surface area contributed by atoms with Crippen LogP contribution in [0, 0.1) is 11.6 Å². The van der Waals surface area contributed by atoms with Crippen molar-refractivity contribution in [3.8, 4) is 0 Å². The first-order valence-electron chi connectivity index (χ1n) is 8.15. The molecule has 7 nitrogen and oxygen atoms in total. The lowest BCUT2D eigenvalue weighted by molar-refractivity contribution is 0.0695. The molecule has 0 aliphatic carbocycles. The molecule has 1 aliphatic heterocycles. The van der Waals surface area contributed by atoms with E-state index in [-0.39, 0.29) is 34.1 Å². The molecule has 4 N–H and O–H groups in total. The molecule has 28 heavy (non-hydrogen) atoms. The Hall–Kier alpha value is -2.49. The summed E-state index contributed by atoms with van der Waals surface area (Å²) < 4.78 is 26.5. The largest absolute Gasteiger partial charge is 0.399 e. The van der Waals surface area contributed by atoms with Crippen molar-refractivity contribution in [2.24, 2.45) is 11.6 Å². The monoisotopic (exact) mass is 428 g/mol. The lowest BCUT2D eigenvalue weighted by atomic mass is 10.0. The topological polar surface area (TPSA) is 101 Å². The van der Waals surface area contributed by atoms with Gasteiger partial charge in [-0.3, -0.25) is 4.79 Å². The van der Waals surface area contributed by atoms with Gasteiger partial charge in [-0.2, -0.15) is 0 Å². The van der Waals surface area contributed by atoms with Crippen LogP contribution in [0.3, 0.4) is 0 Å². The number of amides is 1. The summed E-state index contributed by atoms with van der Waals surface area (Å²) in [7, 11) is 0. The second-order valence-corrected chi connectivity index (χ2v) is 7.01. The number of aromatic nitrogens is 2. The van der Waals surface area contributed by atoms with Gasteiger partial charge in [-0.05, 0) is 19.1 Å². The van der Waals surface area contributed by atoms with Crippen LogP contribution in [0.25, 0.3) is 0 Å². The average molecular weight is 429 g/mol. The summed E-state index contributed by atoms with van der Waals surface area (Å²) in [4.78, 5) is 22.0. The molecule has 148 valence electrons. The standard InChI is InChI=1S/C17H16Cl2F2N6O/c1-8-4-13(27(23)17-24-5-9(20)6-25-17)12(22)7-26(8)16(28)10-2-3-11(21)15(19)14(10)18/h2-3,5-6,8H,4,7,22-23H2,1H3/t8-/m0/s1. The Labute approximate surface area is 169 Å². The molecular weight excluding hydrogens is 413 g/mol. The first kappa shape index (κ1) is 20.2. The number of nitrogens with two attached hydrogens (primary N) is 2. The predicted octanol–water partition coefficient (Wildman–Crippen LogP) is 2.85. The minimum atomic E-state index is -0.713. The number of hydrazine groups is 1. The Morgan fingerprint density at radius 2 is 1.89 bits per heavy atom. The maximum absolute atomic E-state index is 13.5. The lowest BCUT2D eigenvalue weighted by Crippen LogP contribution is -2.48. The fourth-order valence-corrected chi connectivity index (χ4v) is 3.27. The molecule has 0 fully saturated rings. The summed E-state index contributed by atoms with van der Waals surface area (Å²) >= 11 is 11.8. The molecule has 2 heterocycles. The van der Waals surface area contributed by atoms with Crippen LogP contribution in [-0.4, -0.2) is 33.4 Å². The van der Waals surface area contributed by atoms with Crippen LogP contribution in [0.4, 0.5) is 14.7 Å². The number of carbonyl (C=O) groups excluding carboxylic acids is 1. The molecule has 0 bridgehead atoms. The van der Waals surface area contributed by atoms with Gasteiger partial charge >= 0.3 is 0 Å². The number of rotatable bonds is 3. The molecule has 1 aromatic carbocycles. The molecule has 1 amide bonds. The molecule has 2 aromatic rings. The van der Waals surface area contributed by atoms with Crippen LogP contribution >= 0.6 is 23.2 Å². The van der Waals surface area contributed by atoms with Gasteiger partial charge in [-0.1, -0.05) is 23.2 Å². The van der Waals surface area contributed by atoms with Crippen molar-refractivity contribution >= 4 is 35.1 Å². The van der Waals surface area contributed by atoms with Crippen LogP contribution in [0.5, 0.6) is 0 Å². The Bertz CT molecular complexity index is 953. The highest BCUT2D eigenvalue weighted by Gasteiger charge is 2.32. The SMILES string of the molecule is C[C@H]1CC(N(N)c2ncc(F)cn2)=C(N)CN1C(=O)c1ccc(F)c(Cl)c1Cl. The summed E-state index contributed by atoms with van der Waals surface area (Å²) in [5.41, 5.74) is 7.01. The zero-order valence-electron chi connectivity index (χ0n) is 14.7. The minimum absolute atomic E-state index is 0.0511. The third kappa shape index (κ3) is 3.73. The highest BCUT2D eigenvalue weighted by molar-refractivity contribution is 6.44. The van der Waals surface area contributed by atoms with Gasteiger partial charge in [0.15, 0.2) is 5.82 Å². The highest BCUT2D eigenvalue weighted by Crippen LogP contribution is 2.31. The smallest absolute Gasteiger partial charge is 0.256 e. The Balaban J connectivity index is 1.87. The van der Waals surface area contributed by atoms with E-state index in [2.05, 4.69) is 9.97 Å². The van der Waals surface area contributed by atoms with Gasteiger partial charge < -0.3 is 10.6 Å². The number of hydrogen-bond acceptors (Lipinski definition) is 6. The highest BCUT2D eigenvalue weighted by atomic mass is 35.5. The van der Waals surface area contributed by atoms with E-state index in [0.717, 1.165) is 23.5 Å². The maximum Gasteiger partial charge on any atom is 0.256 e. The average Bonchev–Trinajstić information content (AvgIpc) is 2.67. The van der Waals surface area contributed by atoms with E-state index in [1.165, 1.54) is 11.0 Å². The van der Waals surface area contributed by atoms with Gasteiger partial charge in [-0.25, -0.2) is 29.6 Å². The second-order valence-electron chi connectivity index (χ2n) is 6.25. The van der Waals surface area contributed by atoms with Crippen LogP contribution in [0.2, 0.25) is 10.0 Å². The Kier molecular flexibility index (Phi) is 5.69. The quantitative estimate of drug-likeness (QED) is 0.442. The molecule has 0 spiro atoms. The van der Waals surface area contributed by atoms with Crippen molar-refractivity contribution in [2.75, 3.05) is 11.6 Å². The van der Waals surface area contributed by atoms with Gasteiger partial charge in [0.1, 0.15) is 5.82 Å². The number of halogens is 4. The maximum atomic E-state index is 13.5. The fourth-order valence-electron chi connectivity index (χ4n) is 2.87. The molecule has 1 aliphatic rings. The third-order valence-corrected chi connectivity index (χ3v) is 5.23.